The molecule has 0 bridgehead atoms. The molecule has 0 aromatic heterocycles. The van der Waals surface area contributed by atoms with Gasteiger partial charge in [-0.15, -0.1) is 0 Å². The highest BCUT2D eigenvalue weighted by Gasteiger charge is 2.25. The van der Waals surface area contributed by atoms with Crippen molar-refractivity contribution in [3.05, 3.63) is 45.9 Å². The van der Waals surface area contributed by atoms with Crippen LogP contribution >= 0.6 is 23.2 Å². The predicted molar refractivity (Wildman–Crippen MR) is 140 cm³/mol. The number of carbonyl (C=O) groups excluding carboxylic acids is 2. The van der Waals surface area contributed by atoms with Crippen LogP contribution in [0.5, 0.6) is 23.0 Å². The van der Waals surface area contributed by atoms with E-state index in [1.165, 1.54) is 33.6 Å². The summed E-state index contributed by atoms with van der Waals surface area (Å²) in [5.74, 6) is 0.823. The zero-order chi connectivity index (χ0) is 26.8. The Morgan fingerprint density at radius 2 is 1.58 bits per heavy atom. The fraction of sp³-hybridized carbons (Fsp3) is 0.400. The van der Waals surface area contributed by atoms with Crippen molar-refractivity contribution in [1.29, 1.82) is 0 Å². The molecule has 0 unspecified atom stereocenters. The Bertz CT molecular complexity index is 1070. The Labute approximate surface area is 221 Å². The molecule has 0 spiro atoms. The van der Waals surface area contributed by atoms with Crippen LogP contribution in [-0.4, -0.2) is 51.5 Å². The summed E-state index contributed by atoms with van der Waals surface area (Å²) in [6, 6.07) is 7.24. The first-order chi connectivity index (χ1) is 17.1. The van der Waals surface area contributed by atoms with Gasteiger partial charge in [-0.25, -0.2) is 5.43 Å². The van der Waals surface area contributed by atoms with Crippen molar-refractivity contribution >= 4 is 41.2 Å². The van der Waals surface area contributed by atoms with Crippen molar-refractivity contribution in [2.75, 3.05) is 21.3 Å². The number of amides is 2. The highest BCUT2D eigenvalue weighted by Crippen LogP contribution is 2.37. The van der Waals surface area contributed by atoms with Crippen LogP contribution in [0.15, 0.2) is 35.4 Å². The highest BCUT2D eigenvalue weighted by molar-refractivity contribution is 6.35. The SMILES string of the molecule is COc1cc(/C=N\NC(=O)[C@@H](CC(C)C)NC(=O)[C@@H](C)Oc2ccc(Cl)cc2Cl)cc(OC)c1OC. The van der Waals surface area contributed by atoms with E-state index in [0.717, 1.165) is 0 Å². The Morgan fingerprint density at radius 1 is 0.944 bits per heavy atom. The lowest BCUT2D eigenvalue weighted by molar-refractivity contribution is -0.132. The van der Waals surface area contributed by atoms with Gasteiger partial charge in [-0.2, -0.15) is 5.10 Å². The highest BCUT2D eigenvalue weighted by atomic mass is 35.5. The molecule has 0 heterocycles. The molecule has 2 rings (SSSR count). The van der Waals surface area contributed by atoms with Crippen LogP contribution in [0.4, 0.5) is 0 Å². The molecule has 2 atom stereocenters. The quantitative estimate of drug-likeness (QED) is 0.304. The Kier molecular flexibility index (Phi) is 11.1. The maximum atomic E-state index is 12.8. The third-order valence-electron chi connectivity index (χ3n) is 4.98. The Morgan fingerprint density at radius 3 is 2.11 bits per heavy atom. The van der Waals surface area contributed by atoms with E-state index in [-0.39, 0.29) is 10.9 Å². The number of hydrogen-bond acceptors (Lipinski definition) is 7. The third kappa shape index (κ3) is 8.20. The lowest BCUT2D eigenvalue weighted by Gasteiger charge is -2.22. The Hall–Kier alpha value is -3.17. The second-order valence-corrected chi connectivity index (χ2v) is 9.06. The molecule has 0 saturated carbocycles. The number of nitrogens with zero attached hydrogens (tertiary/aromatic N) is 1. The van der Waals surface area contributed by atoms with Gasteiger partial charge in [-0.1, -0.05) is 37.0 Å². The monoisotopic (exact) mass is 539 g/mol. The number of ether oxygens (including phenoxy) is 4. The van der Waals surface area contributed by atoms with Gasteiger partial charge in [0.15, 0.2) is 17.6 Å². The van der Waals surface area contributed by atoms with Crippen molar-refractivity contribution in [3.63, 3.8) is 0 Å². The number of rotatable bonds is 12. The van der Waals surface area contributed by atoms with Gasteiger partial charge >= 0.3 is 0 Å². The largest absolute Gasteiger partial charge is 0.493 e. The predicted octanol–water partition coefficient (Wildman–Crippen LogP) is 4.47. The minimum Gasteiger partial charge on any atom is -0.493 e. The van der Waals surface area contributed by atoms with E-state index >= 15 is 0 Å². The molecule has 0 aliphatic heterocycles. The number of methoxy groups -OCH3 is 3. The fourth-order valence-electron chi connectivity index (χ4n) is 3.23. The maximum Gasteiger partial charge on any atom is 0.262 e. The van der Waals surface area contributed by atoms with Crippen molar-refractivity contribution in [3.8, 4) is 23.0 Å². The summed E-state index contributed by atoms with van der Waals surface area (Å²) >= 11 is 12.0. The number of nitrogens with one attached hydrogen (secondary N) is 2. The number of benzene rings is 2. The molecule has 2 N–H and O–H groups in total. The average molecular weight is 540 g/mol. The Balaban J connectivity index is 2.08. The zero-order valence-corrected chi connectivity index (χ0v) is 22.6. The average Bonchev–Trinajstić information content (AvgIpc) is 2.84. The van der Waals surface area contributed by atoms with E-state index < -0.39 is 24.0 Å². The van der Waals surface area contributed by atoms with Crippen molar-refractivity contribution in [2.24, 2.45) is 11.0 Å². The first kappa shape index (κ1) is 29.1. The van der Waals surface area contributed by atoms with Crippen LogP contribution < -0.4 is 29.7 Å². The first-order valence-corrected chi connectivity index (χ1v) is 11.9. The number of carbonyl (C=O) groups is 2. The van der Waals surface area contributed by atoms with E-state index in [0.29, 0.717) is 40.0 Å². The molecule has 0 aliphatic carbocycles. The van der Waals surface area contributed by atoms with E-state index in [1.807, 2.05) is 13.8 Å². The zero-order valence-electron chi connectivity index (χ0n) is 21.1. The third-order valence-corrected chi connectivity index (χ3v) is 5.51. The summed E-state index contributed by atoms with van der Waals surface area (Å²) in [5.41, 5.74) is 3.08. The van der Waals surface area contributed by atoms with Crippen molar-refractivity contribution in [1.82, 2.24) is 10.7 Å². The molecule has 0 aliphatic rings. The van der Waals surface area contributed by atoms with Gasteiger partial charge in [-0.05, 0) is 49.6 Å². The van der Waals surface area contributed by atoms with Gasteiger partial charge in [0.1, 0.15) is 11.8 Å². The smallest absolute Gasteiger partial charge is 0.262 e. The molecule has 2 aromatic carbocycles. The van der Waals surface area contributed by atoms with Crippen LogP contribution in [0.1, 0.15) is 32.8 Å². The van der Waals surface area contributed by atoms with Gasteiger partial charge in [0, 0.05) is 10.6 Å². The topological polar surface area (TPSA) is 107 Å². The summed E-state index contributed by atoms with van der Waals surface area (Å²) in [4.78, 5) is 25.6. The van der Waals surface area contributed by atoms with Gasteiger partial charge < -0.3 is 24.3 Å². The summed E-state index contributed by atoms with van der Waals surface area (Å²) in [5, 5.41) is 7.48. The first-order valence-electron chi connectivity index (χ1n) is 11.1. The van der Waals surface area contributed by atoms with E-state index in [1.54, 1.807) is 31.2 Å². The molecular weight excluding hydrogens is 509 g/mol. The minimum atomic E-state index is -0.908. The lowest BCUT2D eigenvalue weighted by Crippen LogP contribution is -2.49. The molecule has 196 valence electrons. The van der Waals surface area contributed by atoms with Gasteiger partial charge in [0.2, 0.25) is 5.75 Å². The second-order valence-electron chi connectivity index (χ2n) is 8.22. The molecule has 36 heavy (non-hydrogen) atoms. The molecule has 9 nitrogen and oxygen atoms in total. The van der Waals surface area contributed by atoms with Crippen LogP contribution in [0, 0.1) is 5.92 Å². The summed E-state index contributed by atoms with van der Waals surface area (Å²) in [6.45, 7) is 5.45. The standard InChI is InChI=1S/C25H31Cl2N3O6/c1-14(2)9-19(29-24(31)15(3)36-20-8-7-17(26)12-18(20)27)25(32)30-28-13-16-10-21(33-4)23(35-6)22(11-16)34-5/h7-8,10-15,19H,9H2,1-6H3,(H,29,31)(H,30,32)/b28-13-/t15-,19-/m1/s1. The fourth-order valence-corrected chi connectivity index (χ4v) is 3.68. The normalized spacial score (nSPS) is 12.7. The molecule has 2 aromatic rings. The summed E-state index contributed by atoms with van der Waals surface area (Å²) < 4.78 is 21.6. The number of halogens is 2. The lowest BCUT2D eigenvalue weighted by atomic mass is 10.0. The molecule has 11 heteroatoms. The molecule has 2 amide bonds. The van der Waals surface area contributed by atoms with Crippen molar-refractivity contribution in [2.45, 2.75) is 39.3 Å². The molecular formula is C25H31Cl2N3O6. The van der Waals surface area contributed by atoms with E-state index in [4.69, 9.17) is 42.1 Å². The van der Waals surface area contributed by atoms with Crippen LogP contribution in [0.25, 0.3) is 0 Å². The number of hydrogen-bond donors (Lipinski definition) is 2. The summed E-state index contributed by atoms with van der Waals surface area (Å²) in [6.07, 6.45) is 0.922. The van der Waals surface area contributed by atoms with Crippen LogP contribution in [-0.2, 0) is 9.59 Å². The van der Waals surface area contributed by atoms with Gasteiger partial charge in [0.25, 0.3) is 11.8 Å². The molecule has 0 radical (unpaired) electrons. The minimum absolute atomic E-state index is 0.127. The maximum absolute atomic E-state index is 12.8. The van der Waals surface area contributed by atoms with Crippen LogP contribution in [0.3, 0.4) is 0 Å². The second kappa shape index (κ2) is 13.8. The molecule has 0 fully saturated rings. The van der Waals surface area contributed by atoms with Gasteiger partial charge in [0.05, 0.1) is 32.6 Å². The summed E-state index contributed by atoms with van der Waals surface area (Å²) in [7, 11) is 4.52. The van der Waals surface area contributed by atoms with E-state index in [9.17, 15) is 9.59 Å². The number of hydrazone groups is 1. The van der Waals surface area contributed by atoms with Crippen LogP contribution in [0.2, 0.25) is 10.0 Å². The van der Waals surface area contributed by atoms with Gasteiger partial charge in [-0.3, -0.25) is 9.59 Å². The molecule has 0 saturated heterocycles. The van der Waals surface area contributed by atoms with Crippen molar-refractivity contribution < 1.29 is 28.5 Å². The van der Waals surface area contributed by atoms with E-state index in [2.05, 4.69) is 15.8 Å².